The molecule has 1 aromatic carbocycles. The molecule has 3 nitrogen and oxygen atoms in total. The predicted molar refractivity (Wildman–Crippen MR) is 91.3 cm³/mol. The van der Waals surface area contributed by atoms with Gasteiger partial charge in [-0.15, -0.1) is 0 Å². The molecule has 0 radical (unpaired) electrons. The highest BCUT2D eigenvalue weighted by Gasteiger charge is 2.10. The third-order valence-electron chi connectivity index (χ3n) is 3.88. The van der Waals surface area contributed by atoms with Crippen molar-refractivity contribution >= 4 is 23.3 Å². The summed E-state index contributed by atoms with van der Waals surface area (Å²) >= 11 is 1.85. The molecule has 1 aliphatic heterocycles. The molecule has 0 aliphatic carbocycles. The SMILES string of the molecule is CSCc1ccc(Nc2cc3c(cn2)CCNC3)cc1C. The first-order valence-corrected chi connectivity index (χ1v) is 8.69. The van der Waals surface area contributed by atoms with Crippen molar-refractivity contribution < 1.29 is 0 Å². The zero-order valence-electron chi connectivity index (χ0n) is 12.6. The van der Waals surface area contributed by atoms with Crippen LogP contribution in [0.2, 0.25) is 0 Å². The highest BCUT2D eigenvalue weighted by molar-refractivity contribution is 7.97. The Hall–Kier alpha value is -1.52. The maximum atomic E-state index is 4.53. The van der Waals surface area contributed by atoms with E-state index in [1.165, 1.54) is 22.3 Å². The number of thioether (sulfide) groups is 1. The molecule has 0 bridgehead atoms. The summed E-state index contributed by atoms with van der Waals surface area (Å²) in [5, 5.41) is 6.82. The summed E-state index contributed by atoms with van der Waals surface area (Å²) in [4.78, 5) is 4.53. The molecular weight excluding hydrogens is 278 g/mol. The van der Waals surface area contributed by atoms with E-state index in [4.69, 9.17) is 0 Å². The lowest BCUT2D eigenvalue weighted by atomic mass is 10.0. The molecular formula is C17H21N3S. The number of hydrogen-bond donors (Lipinski definition) is 2. The van der Waals surface area contributed by atoms with Crippen molar-refractivity contribution in [1.29, 1.82) is 0 Å². The number of anilines is 2. The average Bonchev–Trinajstić information content (AvgIpc) is 2.50. The normalized spacial score (nSPS) is 13.8. The van der Waals surface area contributed by atoms with Crippen molar-refractivity contribution in [3.8, 4) is 0 Å². The maximum absolute atomic E-state index is 4.53. The summed E-state index contributed by atoms with van der Waals surface area (Å²) in [6.07, 6.45) is 5.22. The van der Waals surface area contributed by atoms with Gasteiger partial charge in [0.05, 0.1) is 0 Å². The quantitative estimate of drug-likeness (QED) is 0.904. The molecule has 110 valence electrons. The Labute approximate surface area is 130 Å². The second-order valence-corrected chi connectivity index (χ2v) is 6.33. The monoisotopic (exact) mass is 299 g/mol. The Balaban J connectivity index is 1.78. The molecule has 1 aliphatic rings. The molecule has 0 spiro atoms. The van der Waals surface area contributed by atoms with Gasteiger partial charge in [-0.25, -0.2) is 4.98 Å². The smallest absolute Gasteiger partial charge is 0.130 e. The molecule has 0 fully saturated rings. The van der Waals surface area contributed by atoms with E-state index in [0.717, 1.165) is 36.8 Å². The fraction of sp³-hybridized carbons (Fsp3) is 0.353. The standard InChI is InChI=1S/C17H21N3S/c1-12-7-16(4-3-14(12)11-21-2)20-17-8-15-9-18-6-5-13(15)10-19-17/h3-4,7-8,10,18H,5-6,9,11H2,1-2H3,(H,19,20). The van der Waals surface area contributed by atoms with E-state index in [-0.39, 0.29) is 0 Å². The second-order valence-electron chi connectivity index (χ2n) is 5.46. The van der Waals surface area contributed by atoms with Crippen LogP contribution in [0.25, 0.3) is 0 Å². The zero-order chi connectivity index (χ0) is 14.7. The number of nitrogens with zero attached hydrogens (tertiary/aromatic N) is 1. The van der Waals surface area contributed by atoms with Gasteiger partial charge in [-0.2, -0.15) is 11.8 Å². The molecule has 0 unspecified atom stereocenters. The topological polar surface area (TPSA) is 37.0 Å². The number of rotatable bonds is 4. The third-order valence-corrected chi connectivity index (χ3v) is 4.48. The van der Waals surface area contributed by atoms with Gasteiger partial charge in [0.2, 0.25) is 0 Å². The van der Waals surface area contributed by atoms with Crippen LogP contribution in [0.1, 0.15) is 22.3 Å². The summed E-state index contributed by atoms with van der Waals surface area (Å²) in [6, 6.07) is 8.70. The molecule has 0 amide bonds. The van der Waals surface area contributed by atoms with Gasteiger partial charge < -0.3 is 10.6 Å². The van der Waals surface area contributed by atoms with E-state index in [1.807, 2.05) is 18.0 Å². The number of aryl methyl sites for hydroxylation is 1. The fourth-order valence-corrected chi connectivity index (χ4v) is 3.30. The van der Waals surface area contributed by atoms with Crippen LogP contribution < -0.4 is 10.6 Å². The van der Waals surface area contributed by atoms with Crippen LogP contribution >= 0.6 is 11.8 Å². The minimum Gasteiger partial charge on any atom is -0.340 e. The van der Waals surface area contributed by atoms with E-state index in [2.05, 4.69) is 53.1 Å². The minimum absolute atomic E-state index is 0.925. The van der Waals surface area contributed by atoms with Crippen molar-refractivity contribution in [2.24, 2.45) is 0 Å². The van der Waals surface area contributed by atoms with Gasteiger partial charge >= 0.3 is 0 Å². The summed E-state index contributed by atoms with van der Waals surface area (Å²) in [6.45, 7) is 4.16. The average molecular weight is 299 g/mol. The Morgan fingerprint density at radius 3 is 3.00 bits per heavy atom. The van der Waals surface area contributed by atoms with Crippen LogP contribution in [0.3, 0.4) is 0 Å². The van der Waals surface area contributed by atoms with Crippen LogP contribution in [-0.4, -0.2) is 17.8 Å². The molecule has 0 saturated heterocycles. The number of fused-ring (bicyclic) bond motifs is 1. The lowest BCUT2D eigenvalue weighted by molar-refractivity contribution is 0.641. The molecule has 4 heteroatoms. The lowest BCUT2D eigenvalue weighted by Gasteiger charge is -2.18. The highest BCUT2D eigenvalue weighted by Crippen LogP contribution is 2.23. The van der Waals surface area contributed by atoms with Gasteiger partial charge in [-0.05, 0) is 66.6 Å². The number of hydrogen-bond acceptors (Lipinski definition) is 4. The van der Waals surface area contributed by atoms with Crippen LogP contribution in [0, 0.1) is 6.92 Å². The molecule has 0 saturated carbocycles. The van der Waals surface area contributed by atoms with Gasteiger partial charge in [-0.1, -0.05) is 6.07 Å². The van der Waals surface area contributed by atoms with Crippen LogP contribution in [0.15, 0.2) is 30.5 Å². The molecule has 2 N–H and O–H groups in total. The third kappa shape index (κ3) is 3.39. The van der Waals surface area contributed by atoms with Gasteiger partial charge in [0.15, 0.2) is 0 Å². The van der Waals surface area contributed by atoms with Gasteiger partial charge in [-0.3, -0.25) is 0 Å². The summed E-state index contributed by atoms with van der Waals surface area (Å²) in [5.41, 5.74) is 6.55. The van der Waals surface area contributed by atoms with Crippen LogP contribution in [0.4, 0.5) is 11.5 Å². The molecule has 1 aromatic heterocycles. The van der Waals surface area contributed by atoms with Gasteiger partial charge in [0.25, 0.3) is 0 Å². The minimum atomic E-state index is 0.925. The summed E-state index contributed by atoms with van der Waals surface area (Å²) in [7, 11) is 0. The lowest BCUT2D eigenvalue weighted by Crippen LogP contribution is -2.23. The first-order chi connectivity index (χ1) is 10.3. The van der Waals surface area contributed by atoms with Crippen molar-refractivity contribution in [1.82, 2.24) is 10.3 Å². The van der Waals surface area contributed by atoms with Crippen LogP contribution in [-0.2, 0) is 18.7 Å². The molecule has 2 heterocycles. The van der Waals surface area contributed by atoms with E-state index in [1.54, 1.807) is 0 Å². The Morgan fingerprint density at radius 2 is 2.19 bits per heavy atom. The number of benzene rings is 1. The zero-order valence-corrected chi connectivity index (χ0v) is 13.4. The summed E-state index contributed by atoms with van der Waals surface area (Å²) in [5.74, 6) is 1.99. The summed E-state index contributed by atoms with van der Waals surface area (Å²) < 4.78 is 0. The van der Waals surface area contributed by atoms with E-state index in [9.17, 15) is 0 Å². The predicted octanol–water partition coefficient (Wildman–Crippen LogP) is 3.64. The molecule has 3 rings (SSSR count). The second kappa shape index (κ2) is 6.50. The number of aromatic nitrogens is 1. The van der Waals surface area contributed by atoms with Gasteiger partial charge in [0.1, 0.15) is 5.82 Å². The first kappa shape index (κ1) is 14.4. The van der Waals surface area contributed by atoms with Crippen molar-refractivity contribution in [3.05, 3.63) is 52.7 Å². The van der Waals surface area contributed by atoms with E-state index < -0.39 is 0 Å². The fourth-order valence-electron chi connectivity index (χ4n) is 2.67. The molecule has 2 aromatic rings. The first-order valence-electron chi connectivity index (χ1n) is 7.30. The Bertz CT molecular complexity index is 640. The van der Waals surface area contributed by atoms with Crippen molar-refractivity contribution in [2.75, 3.05) is 18.1 Å². The van der Waals surface area contributed by atoms with Crippen molar-refractivity contribution in [3.63, 3.8) is 0 Å². The Morgan fingerprint density at radius 1 is 1.29 bits per heavy atom. The molecule has 0 atom stereocenters. The maximum Gasteiger partial charge on any atom is 0.130 e. The highest BCUT2D eigenvalue weighted by atomic mass is 32.2. The van der Waals surface area contributed by atoms with Crippen molar-refractivity contribution in [2.45, 2.75) is 25.6 Å². The van der Waals surface area contributed by atoms with E-state index >= 15 is 0 Å². The Kier molecular flexibility index (Phi) is 4.46. The number of pyridine rings is 1. The van der Waals surface area contributed by atoms with Gasteiger partial charge in [0, 0.05) is 24.2 Å². The van der Waals surface area contributed by atoms with Crippen LogP contribution in [0.5, 0.6) is 0 Å². The molecule has 21 heavy (non-hydrogen) atoms. The largest absolute Gasteiger partial charge is 0.340 e. The number of nitrogens with one attached hydrogen (secondary N) is 2. The van der Waals surface area contributed by atoms with E-state index in [0.29, 0.717) is 0 Å².